The summed E-state index contributed by atoms with van der Waals surface area (Å²) < 4.78 is 0. The molecule has 0 unspecified atom stereocenters. The Labute approximate surface area is 133 Å². The van der Waals surface area contributed by atoms with Gasteiger partial charge in [0.25, 0.3) is 11.8 Å². The van der Waals surface area contributed by atoms with Gasteiger partial charge in [-0.3, -0.25) is 14.4 Å². The van der Waals surface area contributed by atoms with Crippen LogP contribution in [-0.2, 0) is 10.2 Å². The molecule has 1 N–H and O–H groups in total. The SMILES string of the molecule is CC(C)(C(=O)O)c1ccc(N2C(=O)c3ccccc3C2=O)cc1. The van der Waals surface area contributed by atoms with Crippen LogP contribution in [0.15, 0.2) is 48.5 Å². The van der Waals surface area contributed by atoms with Crippen LogP contribution in [0, 0.1) is 0 Å². The van der Waals surface area contributed by atoms with Crippen molar-refractivity contribution >= 4 is 23.5 Å². The van der Waals surface area contributed by atoms with Crippen molar-refractivity contribution in [2.45, 2.75) is 19.3 Å². The van der Waals surface area contributed by atoms with Crippen LogP contribution in [0.3, 0.4) is 0 Å². The summed E-state index contributed by atoms with van der Waals surface area (Å²) in [7, 11) is 0. The van der Waals surface area contributed by atoms with Crippen molar-refractivity contribution in [3.8, 4) is 0 Å². The number of carboxylic acid groups (broad SMARTS) is 1. The first-order valence-corrected chi connectivity index (χ1v) is 7.16. The molecule has 3 rings (SSSR count). The Morgan fingerprint density at radius 2 is 1.39 bits per heavy atom. The van der Waals surface area contributed by atoms with E-state index in [2.05, 4.69) is 0 Å². The fourth-order valence-corrected chi connectivity index (χ4v) is 2.57. The molecule has 1 aliphatic rings. The average Bonchev–Trinajstić information content (AvgIpc) is 2.79. The van der Waals surface area contributed by atoms with Crippen LogP contribution in [0.4, 0.5) is 5.69 Å². The van der Waals surface area contributed by atoms with E-state index in [0.29, 0.717) is 22.4 Å². The van der Waals surface area contributed by atoms with E-state index in [9.17, 15) is 19.5 Å². The van der Waals surface area contributed by atoms with Crippen LogP contribution in [0.2, 0.25) is 0 Å². The number of imide groups is 1. The lowest BCUT2D eigenvalue weighted by Gasteiger charge is -2.21. The molecule has 1 heterocycles. The lowest BCUT2D eigenvalue weighted by atomic mass is 9.85. The van der Waals surface area contributed by atoms with Crippen molar-refractivity contribution in [1.29, 1.82) is 0 Å². The first-order valence-electron chi connectivity index (χ1n) is 7.16. The van der Waals surface area contributed by atoms with Gasteiger partial charge in [-0.2, -0.15) is 0 Å². The molecule has 0 fully saturated rings. The largest absolute Gasteiger partial charge is 0.481 e. The van der Waals surface area contributed by atoms with Gasteiger partial charge in [-0.1, -0.05) is 24.3 Å². The van der Waals surface area contributed by atoms with E-state index < -0.39 is 11.4 Å². The minimum absolute atomic E-state index is 0.365. The standard InChI is InChI=1S/C18H15NO4/c1-18(2,17(22)23)11-7-9-12(10-8-11)19-15(20)13-5-3-4-6-14(13)16(19)21/h3-10H,1-2H3,(H,22,23). The second-order valence-electron chi connectivity index (χ2n) is 5.97. The molecular formula is C18H15NO4. The van der Waals surface area contributed by atoms with Crippen LogP contribution in [-0.4, -0.2) is 22.9 Å². The molecule has 23 heavy (non-hydrogen) atoms. The quantitative estimate of drug-likeness (QED) is 0.885. The Balaban J connectivity index is 1.97. The van der Waals surface area contributed by atoms with Gasteiger partial charge in [0.05, 0.1) is 22.2 Å². The topological polar surface area (TPSA) is 74.7 Å². The second kappa shape index (κ2) is 5.05. The van der Waals surface area contributed by atoms with Crippen molar-refractivity contribution < 1.29 is 19.5 Å². The monoisotopic (exact) mass is 309 g/mol. The number of carboxylic acids is 1. The molecule has 116 valence electrons. The van der Waals surface area contributed by atoms with E-state index in [0.717, 1.165) is 4.90 Å². The maximum atomic E-state index is 12.4. The molecular weight excluding hydrogens is 294 g/mol. The maximum Gasteiger partial charge on any atom is 0.313 e. The first kappa shape index (κ1) is 15.0. The van der Waals surface area contributed by atoms with Gasteiger partial charge in [-0.15, -0.1) is 0 Å². The normalized spacial score (nSPS) is 14.1. The summed E-state index contributed by atoms with van der Waals surface area (Å²) in [5.41, 5.74) is 0.756. The number of rotatable bonds is 3. The third-order valence-corrected chi connectivity index (χ3v) is 4.18. The van der Waals surface area contributed by atoms with Crippen molar-refractivity contribution in [1.82, 2.24) is 0 Å². The van der Waals surface area contributed by atoms with E-state index in [1.54, 1.807) is 62.4 Å². The molecule has 0 saturated heterocycles. The highest BCUT2D eigenvalue weighted by molar-refractivity contribution is 6.34. The molecule has 0 atom stereocenters. The molecule has 5 nitrogen and oxygen atoms in total. The van der Waals surface area contributed by atoms with Gasteiger partial charge in [0.2, 0.25) is 0 Å². The van der Waals surface area contributed by atoms with Crippen LogP contribution < -0.4 is 4.90 Å². The van der Waals surface area contributed by atoms with Gasteiger partial charge < -0.3 is 5.11 Å². The summed E-state index contributed by atoms with van der Waals surface area (Å²) in [5, 5.41) is 9.26. The molecule has 5 heteroatoms. The Kier molecular flexibility index (Phi) is 3.29. The minimum atomic E-state index is -1.04. The zero-order valence-corrected chi connectivity index (χ0v) is 12.7. The predicted molar refractivity (Wildman–Crippen MR) is 84.7 cm³/mol. The minimum Gasteiger partial charge on any atom is -0.481 e. The number of anilines is 1. The zero-order valence-electron chi connectivity index (χ0n) is 12.7. The molecule has 0 aliphatic carbocycles. The summed E-state index contributed by atoms with van der Waals surface area (Å²) in [4.78, 5) is 37.2. The first-order chi connectivity index (χ1) is 10.8. The number of hydrogen-bond acceptors (Lipinski definition) is 3. The predicted octanol–water partition coefficient (Wildman–Crippen LogP) is 2.85. The number of nitrogens with zero attached hydrogens (tertiary/aromatic N) is 1. The van der Waals surface area contributed by atoms with Crippen molar-refractivity contribution in [2.24, 2.45) is 0 Å². The molecule has 0 saturated carbocycles. The van der Waals surface area contributed by atoms with Crippen molar-refractivity contribution in [2.75, 3.05) is 4.90 Å². The van der Waals surface area contributed by atoms with Gasteiger partial charge in [-0.05, 0) is 43.7 Å². The second-order valence-corrected chi connectivity index (χ2v) is 5.97. The molecule has 0 spiro atoms. The fraction of sp³-hybridized carbons (Fsp3) is 0.167. The summed E-state index contributed by atoms with van der Waals surface area (Å²) in [6, 6.07) is 13.1. The highest BCUT2D eigenvalue weighted by atomic mass is 16.4. The molecule has 2 amide bonds. The lowest BCUT2D eigenvalue weighted by Crippen LogP contribution is -2.30. The fourth-order valence-electron chi connectivity index (χ4n) is 2.57. The number of amides is 2. The summed E-state index contributed by atoms with van der Waals surface area (Å²) in [5.74, 6) is -1.67. The van der Waals surface area contributed by atoms with Crippen LogP contribution in [0.5, 0.6) is 0 Å². The van der Waals surface area contributed by atoms with Crippen molar-refractivity contribution in [3.05, 3.63) is 65.2 Å². The molecule has 0 radical (unpaired) electrons. The van der Waals surface area contributed by atoms with Crippen molar-refractivity contribution in [3.63, 3.8) is 0 Å². The third-order valence-electron chi connectivity index (χ3n) is 4.18. The van der Waals surface area contributed by atoms with Gasteiger partial charge in [0.15, 0.2) is 0 Å². The maximum absolute atomic E-state index is 12.4. The van der Waals surface area contributed by atoms with Gasteiger partial charge >= 0.3 is 5.97 Å². The lowest BCUT2D eigenvalue weighted by molar-refractivity contribution is -0.142. The molecule has 0 bridgehead atoms. The number of aliphatic carboxylic acids is 1. The summed E-state index contributed by atoms with van der Waals surface area (Å²) in [6.07, 6.45) is 0. The number of fused-ring (bicyclic) bond motifs is 1. The summed E-state index contributed by atoms with van der Waals surface area (Å²) in [6.45, 7) is 3.21. The van der Waals surface area contributed by atoms with Crippen LogP contribution >= 0.6 is 0 Å². The Morgan fingerprint density at radius 3 is 1.83 bits per heavy atom. The number of carbonyl (C=O) groups is 3. The molecule has 1 aliphatic heterocycles. The Hall–Kier alpha value is -2.95. The molecule has 2 aromatic rings. The smallest absolute Gasteiger partial charge is 0.313 e. The summed E-state index contributed by atoms with van der Waals surface area (Å²) >= 11 is 0. The van der Waals surface area contributed by atoms with Crippen LogP contribution in [0.25, 0.3) is 0 Å². The van der Waals surface area contributed by atoms with Gasteiger partial charge in [-0.25, -0.2) is 4.90 Å². The van der Waals surface area contributed by atoms with E-state index in [-0.39, 0.29) is 11.8 Å². The average molecular weight is 309 g/mol. The Morgan fingerprint density at radius 1 is 0.913 bits per heavy atom. The zero-order chi connectivity index (χ0) is 16.8. The number of carbonyl (C=O) groups excluding carboxylic acids is 2. The van der Waals surface area contributed by atoms with Gasteiger partial charge in [0, 0.05) is 0 Å². The third kappa shape index (κ3) is 2.21. The Bertz CT molecular complexity index is 786. The number of hydrogen-bond donors (Lipinski definition) is 1. The molecule has 0 aromatic heterocycles. The molecule has 2 aromatic carbocycles. The van der Waals surface area contributed by atoms with Crippen LogP contribution in [0.1, 0.15) is 40.1 Å². The van der Waals surface area contributed by atoms with E-state index in [1.165, 1.54) is 0 Å². The van der Waals surface area contributed by atoms with E-state index >= 15 is 0 Å². The highest BCUT2D eigenvalue weighted by Gasteiger charge is 2.36. The van der Waals surface area contributed by atoms with E-state index in [1.807, 2.05) is 0 Å². The van der Waals surface area contributed by atoms with Gasteiger partial charge in [0.1, 0.15) is 0 Å². The number of benzene rings is 2. The van der Waals surface area contributed by atoms with E-state index in [4.69, 9.17) is 0 Å². The highest BCUT2D eigenvalue weighted by Crippen LogP contribution is 2.30.